The molecule has 0 aromatic heterocycles. The molecule has 0 fully saturated rings. The van der Waals surface area contributed by atoms with Crippen LogP contribution in [0.25, 0.3) is 0 Å². The van der Waals surface area contributed by atoms with Crippen LogP contribution in [-0.2, 0) is 21.2 Å². The molecule has 1 atom stereocenters. The number of carbonyl (C=O) groups is 1. The average Bonchev–Trinajstić information content (AvgIpc) is 2.64. The maximum absolute atomic E-state index is 12.4. The van der Waals surface area contributed by atoms with E-state index in [-0.39, 0.29) is 18.4 Å². The Labute approximate surface area is 160 Å². The van der Waals surface area contributed by atoms with Crippen molar-refractivity contribution in [3.63, 3.8) is 0 Å². The first-order valence-electron chi connectivity index (χ1n) is 8.85. The summed E-state index contributed by atoms with van der Waals surface area (Å²) in [6, 6.07) is 14.9. The van der Waals surface area contributed by atoms with Crippen molar-refractivity contribution in [2.75, 3.05) is 30.3 Å². The molecule has 7 heteroatoms. The van der Waals surface area contributed by atoms with Gasteiger partial charge in [0.2, 0.25) is 15.9 Å². The Kier molecular flexibility index (Phi) is 5.70. The molecule has 0 aliphatic carbocycles. The maximum Gasteiger partial charge on any atom is 0.240 e. The summed E-state index contributed by atoms with van der Waals surface area (Å²) in [6.45, 7) is 2.65. The number of hydrogen-bond acceptors (Lipinski definition) is 4. The topological polar surface area (TPSA) is 75.7 Å². The molecule has 1 amide bonds. The van der Waals surface area contributed by atoms with Crippen LogP contribution < -0.4 is 14.4 Å². The number of sulfonamides is 1. The predicted molar refractivity (Wildman–Crippen MR) is 106 cm³/mol. The number of ether oxygens (including phenoxy) is 1. The van der Waals surface area contributed by atoms with Crippen molar-refractivity contribution in [3.05, 3.63) is 59.7 Å². The zero-order chi connectivity index (χ0) is 19.4. The van der Waals surface area contributed by atoms with Crippen LogP contribution in [0.2, 0.25) is 0 Å². The number of aryl methyl sites for hydroxylation is 1. The van der Waals surface area contributed by atoms with Crippen LogP contribution in [0.3, 0.4) is 0 Å². The highest BCUT2D eigenvalue weighted by Gasteiger charge is 2.23. The number of benzene rings is 2. The molecule has 1 N–H and O–H groups in total. The van der Waals surface area contributed by atoms with Crippen molar-refractivity contribution < 1.29 is 17.9 Å². The SMILES string of the molecule is Cc1ccc(N(CC(=O)NCC2COc3ccccc3C2)S(C)(=O)=O)cc1. The third kappa shape index (κ3) is 5.01. The summed E-state index contributed by atoms with van der Waals surface area (Å²) in [5.74, 6) is 0.720. The number of amides is 1. The van der Waals surface area contributed by atoms with E-state index in [2.05, 4.69) is 5.32 Å². The number of rotatable bonds is 6. The lowest BCUT2D eigenvalue weighted by molar-refractivity contribution is -0.119. The number of anilines is 1. The third-order valence-corrected chi connectivity index (χ3v) is 5.69. The first-order chi connectivity index (χ1) is 12.8. The highest BCUT2D eigenvalue weighted by atomic mass is 32.2. The van der Waals surface area contributed by atoms with Gasteiger partial charge < -0.3 is 10.1 Å². The molecule has 3 rings (SSSR count). The molecule has 144 valence electrons. The fourth-order valence-corrected chi connectivity index (χ4v) is 3.93. The standard InChI is InChI=1S/C20H24N2O4S/c1-15-7-9-18(10-8-15)22(27(2,24)25)13-20(23)21-12-16-11-17-5-3-4-6-19(17)26-14-16/h3-10,16H,11-14H2,1-2H3,(H,21,23). The maximum atomic E-state index is 12.4. The number of nitrogens with one attached hydrogen (secondary N) is 1. The first kappa shape index (κ1) is 19.2. The Hall–Kier alpha value is -2.54. The van der Waals surface area contributed by atoms with Gasteiger partial charge in [-0.25, -0.2) is 8.42 Å². The van der Waals surface area contributed by atoms with Gasteiger partial charge in [0.25, 0.3) is 0 Å². The highest BCUT2D eigenvalue weighted by molar-refractivity contribution is 7.92. The second-order valence-electron chi connectivity index (χ2n) is 6.90. The van der Waals surface area contributed by atoms with Crippen LogP contribution in [0.5, 0.6) is 5.75 Å². The summed E-state index contributed by atoms with van der Waals surface area (Å²) in [7, 11) is -3.56. The minimum Gasteiger partial charge on any atom is -0.493 e. The van der Waals surface area contributed by atoms with Crippen LogP contribution >= 0.6 is 0 Å². The second-order valence-corrected chi connectivity index (χ2v) is 8.80. The van der Waals surface area contributed by atoms with E-state index >= 15 is 0 Å². The molecule has 1 aliphatic heterocycles. The summed E-state index contributed by atoms with van der Waals surface area (Å²) < 4.78 is 31.1. The molecule has 2 aromatic rings. The van der Waals surface area contributed by atoms with E-state index in [0.717, 1.165) is 33.9 Å². The van der Waals surface area contributed by atoms with E-state index in [1.807, 2.05) is 43.3 Å². The monoisotopic (exact) mass is 388 g/mol. The van der Waals surface area contributed by atoms with Crippen LogP contribution in [0.4, 0.5) is 5.69 Å². The van der Waals surface area contributed by atoms with E-state index in [1.165, 1.54) is 0 Å². The highest BCUT2D eigenvalue weighted by Crippen LogP contribution is 2.26. The minimum absolute atomic E-state index is 0.162. The molecule has 0 spiro atoms. The molecule has 2 aromatic carbocycles. The van der Waals surface area contributed by atoms with Crippen LogP contribution in [0.15, 0.2) is 48.5 Å². The Morgan fingerprint density at radius 1 is 1.19 bits per heavy atom. The third-order valence-electron chi connectivity index (χ3n) is 4.55. The molecule has 1 aliphatic rings. The smallest absolute Gasteiger partial charge is 0.240 e. The van der Waals surface area contributed by atoms with Crippen LogP contribution in [0, 0.1) is 12.8 Å². The van der Waals surface area contributed by atoms with Gasteiger partial charge in [-0.15, -0.1) is 0 Å². The van der Waals surface area contributed by atoms with Crippen molar-refractivity contribution in [3.8, 4) is 5.75 Å². The van der Waals surface area contributed by atoms with E-state index in [4.69, 9.17) is 4.74 Å². The normalized spacial score (nSPS) is 16.1. The van der Waals surface area contributed by atoms with Gasteiger partial charge in [0.1, 0.15) is 12.3 Å². The number of carbonyl (C=O) groups excluding carboxylic acids is 1. The second kappa shape index (κ2) is 8.00. The summed E-state index contributed by atoms with van der Waals surface area (Å²) in [5.41, 5.74) is 2.63. The van der Waals surface area contributed by atoms with E-state index in [9.17, 15) is 13.2 Å². The Balaban J connectivity index is 1.59. The van der Waals surface area contributed by atoms with Gasteiger partial charge in [-0.2, -0.15) is 0 Å². The lowest BCUT2D eigenvalue weighted by Crippen LogP contribution is -2.43. The summed E-state index contributed by atoms with van der Waals surface area (Å²) in [6.07, 6.45) is 1.93. The summed E-state index contributed by atoms with van der Waals surface area (Å²) in [4.78, 5) is 12.4. The van der Waals surface area contributed by atoms with Gasteiger partial charge >= 0.3 is 0 Å². The number of para-hydroxylation sites is 1. The molecule has 0 saturated heterocycles. The van der Waals surface area contributed by atoms with Crippen LogP contribution in [-0.4, -0.2) is 40.3 Å². The molecular formula is C20H24N2O4S. The van der Waals surface area contributed by atoms with Crippen molar-refractivity contribution in [2.24, 2.45) is 5.92 Å². The lowest BCUT2D eigenvalue weighted by Gasteiger charge is -2.26. The van der Waals surface area contributed by atoms with Gasteiger partial charge in [0.05, 0.1) is 18.6 Å². The molecular weight excluding hydrogens is 364 g/mol. The molecule has 6 nitrogen and oxygen atoms in total. The number of fused-ring (bicyclic) bond motifs is 1. The Bertz CT molecular complexity index is 910. The molecule has 0 radical (unpaired) electrons. The quantitative estimate of drug-likeness (QED) is 0.823. The first-order valence-corrected chi connectivity index (χ1v) is 10.7. The van der Waals surface area contributed by atoms with E-state index in [1.54, 1.807) is 12.1 Å². The fourth-order valence-electron chi connectivity index (χ4n) is 3.08. The largest absolute Gasteiger partial charge is 0.493 e. The number of hydrogen-bond donors (Lipinski definition) is 1. The average molecular weight is 388 g/mol. The van der Waals surface area contributed by atoms with E-state index in [0.29, 0.717) is 18.8 Å². The van der Waals surface area contributed by atoms with E-state index < -0.39 is 10.0 Å². The molecule has 1 heterocycles. The number of nitrogens with zero attached hydrogens (tertiary/aromatic N) is 1. The van der Waals surface area contributed by atoms with Crippen molar-refractivity contribution in [1.29, 1.82) is 0 Å². The zero-order valence-corrected chi connectivity index (χ0v) is 16.3. The fraction of sp³-hybridized carbons (Fsp3) is 0.350. The van der Waals surface area contributed by atoms with Crippen LogP contribution in [0.1, 0.15) is 11.1 Å². The van der Waals surface area contributed by atoms with Gasteiger partial charge in [-0.1, -0.05) is 35.9 Å². The van der Waals surface area contributed by atoms with Gasteiger partial charge in [0.15, 0.2) is 0 Å². The van der Waals surface area contributed by atoms with Crippen molar-refractivity contribution in [1.82, 2.24) is 5.32 Å². The molecule has 1 unspecified atom stereocenters. The minimum atomic E-state index is -3.56. The summed E-state index contributed by atoms with van der Waals surface area (Å²) in [5, 5.41) is 2.84. The van der Waals surface area contributed by atoms with Gasteiger partial charge in [0, 0.05) is 12.5 Å². The predicted octanol–water partition coefficient (Wildman–Crippen LogP) is 2.13. The van der Waals surface area contributed by atoms with Crippen molar-refractivity contribution in [2.45, 2.75) is 13.3 Å². The summed E-state index contributed by atoms with van der Waals surface area (Å²) >= 11 is 0. The zero-order valence-electron chi connectivity index (χ0n) is 15.5. The lowest BCUT2D eigenvalue weighted by atomic mass is 9.97. The molecule has 0 bridgehead atoms. The van der Waals surface area contributed by atoms with Gasteiger partial charge in [-0.3, -0.25) is 9.10 Å². The Morgan fingerprint density at radius 2 is 1.89 bits per heavy atom. The van der Waals surface area contributed by atoms with Crippen molar-refractivity contribution >= 4 is 21.6 Å². The Morgan fingerprint density at radius 3 is 2.59 bits per heavy atom. The van der Waals surface area contributed by atoms with Gasteiger partial charge in [-0.05, 0) is 37.1 Å². The molecule has 27 heavy (non-hydrogen) atoms. The molecule has 0 saturated carbocycles.